The molecule has 0 spiro atoms. The summed E-state index contributed by atoms with van der Waals surface area (Å²) >= 11 is 0. The molecule has 100 valence electrons. The topological polar surface area (TPSA) is 63.1 Å². The van der Waals surface area contributed by atoms with E-state index < -0.39 is 0 Å². The van der Waals surface area contributed by atoms with Crippen molar-refractivity contribution in [3.63, 3.8) is 0 Å². The molecule has 0 aliphatic carbocycles. The summed E-state index contributed by atoms with van der Waals surface area (Å²) in [5, 5.41) is 6.88. The van der Waals surface area contributed by atoms with Gasteiger partial charge < -0.3 is 15.2 Å². The van der Waals surface area contributed by atoms with Crippen molar-refractivity contribution in [3.8, 4) is 0 Å². The first-order valence-electron chi connectivity index (χ1n) is 6.16. The Hall–Kier alpha value is -2.30. The largest absolute Gasteiger partial charge is 0.383 e. The third-order valence-electron chi connectivity index (χ3n) is 2.97. The lowest BCUT2D eigenvalue weighted by atomic mass is 10.2. The molecular formula is C14H17N3O2. The first-order chi connectivity index (χ1) is 9.09. The molecular weight excluding hydrogens is 242 g/mol. The number of hydrogen-bond acceptors (Lipinski definition) is 3. The van der Waals surface area contributed by atoms with Gasteiger partial charge in [0.1, 0.15) is 0 Å². The summed E-state index contributed by atoms with van der Waals surface area (Å²) in [6.45, 7) is 2.59. The van der Waals surface area contributed by atoms with Crippen LogP contribution in [-0.4, -0.2) is 23.6 Å². The van der Waals surface area contributed by atoms with Crippen LogP contribution in [-0.2, 0) is 11.8 Å². The first kappa shape index (κ1) is 13.1. The van der Waals surface area contributed by atoms with Crippen molar-refractivity contribution in [1.82, 2.24) is 9.88 Å². The van der Waals surface area contributed by atoms with E-state index >= 15 is 0 Å². The summed E-state index contributed by atoms with van der Waals surface area (Å²) in [5.74, 6) is -0.0596. The van der Waals surface area contributed by atoms with E-state index in [-0.39, 0.29) is 11.5 Å². The second-order valence-corrected chi connectivity index (χ2v) is 4.38. The molecule has 19 heavy (non-hydrogen) atoms. The predicted molar refractivity (Wildman–Crippen MR) is 76.4 cm³/mol. The van der Waals surface area contributed by atoms with Crippen LogP contribution in [0.15, 0.2) is 35.1 Å². The number of hydrogen-bond donors (Lipinski definition) is 2. The number of fused-ring (bicyclic) bond motifs is 1. The molecule has 5 heteroatoms. The molecule has 0 saturated heterocycles. The van der Waals surface area contributed by atoms with Crippen LogP contribution in [0.4, 0.5) is 5.69 Å². The Labute approximate surface area is 111 Å². The van der Waals surface area contributed by atoms with Crippen molar-refractivity contribution < 1.29 is 4.79 Å². The number of nitrogens with one attached hydrogen (secondary N) is 2. The average molecular weight is 259 g/mol. The molecule has 0 aliphatic rings. The zero-order valence-corrected chi connectivity index (χ0v) is 11.1. The van der Waals surface area contributed by atoms with Crippen LogP contribution in [0.25, 0.3) is 10.9 Å². The second-order valence-electron chi connectivity index (χ2n) is 4.38. The molecule has 0 bridgehead atoms. The minimum atomic E-state index is -0.0596. The lowest BCUT2D eigenvalue weighted by molar-refractivity contribution is -0.118. The summed E-state index contributed by atoms with van der Waals surface area (Å²) in [5.41, 5.74) is 1.63. The minimum Gasteiger partial charge on any atom is -0.383 e. The third kappa shape index (κ3) is 2.93. The number of nitrogens with zero attached hydrogens (tertiary/aromatic N) is 1. The van der Waals surface area contributed by atoms with E-state index in [1.165, 1.54) is 6.92 Å². The Morgan fingerprint density at radius 1 is 1.26 bits per heavy atom. The van der Waals surface area contributed by atoms with Crippen molar-refractivity contribution in [2.75, 3.05) is 18.4 Å². The Bertz CT molecular complexity index is 661. The van der Waals surface area contributed by atoms with Crippen molar-refractivity contribution in [3.05, 3.63) is 40.7 Å². The lowest BCUT2D eigenvalue weighted by Gasteiger charge is -2.12. The minimum absolute atomic E-state index is 0.0549. The van der Waals surface area contributed by atoms with Crippen LogP contribution < -0.4 is 16.2 Å². The predicted octanol–water partition coefficient (Wildman–Crippen LogP) is 1.09. The number of rotatable bonds is 4. The maximum atomic E-state index is 11.8. The van der Waals surface area contributed by atoms with Crippen LogP contribution >= 0.6 is 0 Å². The molecule has 1 aromatic heterocycles. The van der Waals surface area contributed by atoms with Gasteiger partial charge in [0.25, 0.3) is 5.56 Å². The number of carbonyl (C=O) groups excluding carboxylic acids is 1. The number of benzene rings is 1. The van der Waals surface area contributed by atoms with Gasteiger partial charge in [0.2, 0.25) is 5.91 Å². The monoisotopic (exact) mass is 259 g/mol. The van der Waals surface area contributed by atoms with Gasteiger partial charge in [0.05, 0.1) is 5.52 Å². The zero-order valence-electron chi connectivity index (χ0n) is 11.1. The van der Waals surface area contributed by atoms with Gasteiger partial charge in [-0.05, 0) is 6.07 Å². The smallest absolute Gasteiger partial charge is 0.252 e. The molecule has 2 N–H and O–H groups in total. The number of amides is 1. The SMILES string of the molecule is CC(=O)NCCNc1cc(=O)n(C)c2ccccc12. The second kappa shape index (κ2) is 5.56. The van der Waals surface area contributed by atoms with Crippen LogP contribution in [0, 0.1) is 0 Å². The van der Waals surface area contributed by atoms with E-state index in [4.69, 9.17) is 0 Å². The maximum Gasteiger partial charge on any atom is 0.252 e. The average Bonchev–Trinajstić information content (AvgIpc) is 2.40. The molecule has 0 atom stereocenters. The molecule has 0 aliphatic heterocycles. The standard InChI is InChI=1S/C14H17N3O2/c1-10(18)15-7-8-16-12-9-14(19)17(2)13-6-4-3-5-11(12)13/h3-6,9,16H,7-8H2,1-2H3,(H,15,18). The highest BCUT2D eigenvalue weighted by Gasteiger charge is 2.05. The van der Waals surface area contributed by atoms with Gasteiger partial charge in [-0.15, -0.1) is 0 Å². The van der Waals surface area contributed by atoms with E-state index in [1.54, 1.807) is 17.7 Å². The summed E-state index contributed by atoms with van der Waals surface area (Å²) < 4.78 is 1.62. The van der Waals surface area contributed by atoms with Crippen molar-refractivity contribution >= 4 is 22.5 Å². The number of anilines is 1. The van der Waals surface area contributed by atoms with Gasteiger partial charge in [0.15, 0.2) is 0 Å². The van der Waals surface area contributed by atoms with E-state index in [1.807, 2.05) is 24.3 Å². The third-order valence-corrected chi connectivity index (χ3v) is 2.97. The summed E-state index contributed by atoms with van der Waals surface area (Å²) in [6, 6.07) is 9.30. The van der Waals surface area contributed by atoms with Crippen molar-refractivity contribution in [2.45, 2.75) is 6.92 Å². The highest BCUT2D eigenvalue weighted by Crippen LogP contribution is 2.20. The fourth-order valence-corrected chi connectivity index (χ4v) is 1.99. The number of carbonyl (C=O) groups is 1. The Balaban J connectivity index is 2.26. The van der Waals surface area contributed by atoms with Crippen LogP contribution in [0.3, 0.4) is 0 Å². The Morgan fingerprint density at radius 3 is 2.74 bits per heavy atom. The van der Waals surface area contributed by atoms with Crippen LogP contribution in [0.1, 0.15) is 6.92 Å². The Morgan fingerprint density at radius 2 is 2.00 bits per heavy atom. The highest BCUT2D eigenvalue weighted by atomic mass is 16.1. The lowest BCUT2D eigenvalue weighted by Crippen LogP contribution is -2.27. The molecule has 0 unspecified atom stereocenters. The Kier molecular flexibility index (Phi) is 3.85. The van der Waals surface area contributed by atoms with E-state index in [0.717, 1.165) is 16.6 Å². The van der Waals surface area contributed by atoms with Gasteiger partial charge in [-0.25, -0.2) is 0 Å². The number of pyridine rings is 1. The fraction of sp³-hybridized carbons (Fsp3) is 0.286. The normalized spacial score (nSPS) is 10.4. The van der Waals surface area contributed by atoms with Gasteiger partial charge in [-0.3, -0.25) is 9.59 Å². The van der Waals surface area contributed by atoms with Gasteiger partial charge in [0, 0.05) is 44.2 Å². The van der Waals surface area contributed by atoms with E-state index in [9.17, 15) is 9.59 Å². The summed E-state index contributed by atoms with van der Waals surface area (Å²) in [7, 11) is 1.76. The summed E-state index contributed by atoms with van der Waals surface area (Å²) in [6.07, 6.45) is 0. The molecule has 0 fully saturated rings. The zero-order chi connectivity index (χ0) is 13.8. The van der Waals surface area contributed by atoms with Crippen LogP contribution in [0.2, 0.25) is 0 Å². The fourth-order valence-electron chi connectivity index (χ4n) is 1.99. The first-order valence-corrected chi connectivity index (χ1v) is 6.16. The van der Waals surface area contributed by atoms with E-state index in [0.29, 0.717) is 13.1 Å². The molecule has 0 radical (unpaired) electrons. The molecule has 2 aromatic rings. The van der Waals surface area contributed by atoms with Gasteiger partial charge in [-0.2, -0.15) is 0 Å². The van der Waals surface area contributed by atoms with E-state index in [2.05, 4.69) is 10.6 Å². The van der Waals surface area contributed by atoms with Gasteiger partial charge in [-0.1, -0.05) is 18.2 Å². The molecule has 1 heterocycles. The number of aryl methyl sites for hydroxylation is 1. The van der Waals surface area contributed by atoms with Crippen LogP contribution in [0.5, 0.6) is 0 Å². The van der Waals surface area contributed by atoms with Crippen molar-refractivity contribution in [1.29, 1.82) is 0 Å². The molecule has 0 saturated carbocycles. The van der Waals surface area contributed by atoms with Crippen molar-refractivity contribution in [2.24, 2.45) is 7.05 Å². The molecule has 2 rings (SSSR count). The highest BCUT2D eigenvalue weighted by molar-refractivity contribution is 5.91. The molecule has 5 nitrogen and oxygen atoms in total. The maximum absolute atomic E-state index is 11.8. The number of aromatic nitrogens is 1. The molecule has 1 aromatic carbocycles. The molecule has 1 amide bonds. The number of para-hydroxylation sites is 1. The van der Waals surface area contributed by atoms with Gasteiger partial charge >= 0.3 is 0 Å². The quantitative estimate of drug-likeness (QED) is 0.808. The summed E-state index contributed by atoms with van der Waals surface area (Å²) in [4.78, 5) is 22.6.